The second kappa shape index (κ2) is 4.55. The van der Waals surface area contributed by atoms with Gasteiger partial charge in [-0.3, -0.25) is 0 Å². The first-order valence-electron chi connectivity index (χ1n) is 5.66. The van der Waals surface area contributed by atoms with Crippen LogP contribution in [0.2, 0.25) is 0 Å². The lowest BCUT2D eigenvalue weighted by Crippen LogP contribution is -2.35. The van der Waals surface area contributed by atoms with Gasteiger partial charge in [-0.25, -0.2) is 13.4 Å². The molecule has 1 saturated heterocycles. The maximum absolute atomic E-state index is 12.2. The van der Waals surface area contributed by atoms with E-state index in [1.54, 1.807) is 21.4 Å². The summed E-state index contributed by atoms with van der Waals surface area (Å²) >= 11 is 0. The molecule has 16 heavy (non-hydrogen) atoms. The molecule has 0 amide bonds. The van der Waals surface area contributed by atoms with E-state index in [1.807, 2.05) is 6.92 Å². The summed E-state index contributed by atoms with van der Waals surface area (Å²) in [6.45, 7) is 3.95. The van der Waals surface area contributed by atoms with Gasteiger partial charge in [0.05, 0.1) is 6.33 Å². The zero-order chi connectivity index (χ0) is 11.6. The number of sulfonamides is 1. The van der Waals surface area contributed by atoms with Crippen molar-refractivity contribution in [3.05, 3.63) is 12.5 Å². The molecule has 1 aliphatic rings. The average molecular weight is 243 g/mol. The molecule has 0 atom stereocenters. The van der Waals surface area contributed by atoms with Crippen molar-refractivity contribution in [1.82, 2.24) is 13.9 Å². The minimum absolute atomic E-state index is 0.177. The van der Waals surface area contributed by atoms with Gasteiger partial charge in [-0.2, -0.15) is 4.31 Å². The van der Waals surface area contributed by atoms with Crippen molar-refractivity contribution in [1.29, 1.82) is 0 Å². The fourth-order valence-electron chi connectivity index (χ4n) is 1.88. The van der Waals surface area contributed by atoms with Crippen LogP contribution in [0.3, 0.4) is 0 Å². The first kappa shape index (κ1) is 11.6. The summed E-state index contributed by atoms with van der Waals surface area (Å²) in [4.78, 5) is 3.97. The van der Waals surface area contributed by atoms with Crippen LogP contribution in [0.5, 0.6) is 0 Å². The Balaban J connectivity index is 2.23. The van der Waals surface area contributed by atoms with Gasteiger partial charge in [-0.05, 0) is 19.8 Å². The number of rotatable bonds is 3. The van der Waals surface area contributed by atoms with E-state index in [4.69, 9.17) is 0 Å². The molecule has 1 fully saturated rings. The van der Waals surface area contributed by atoms with Crippen molar-refractivity contribution >= 4 is 10.0 Å². The Labute approximate surface area is 96.1 Å². The Morgan fingerprint density at radius 3 is 2.56 bits per heavy atom. The zero-order valence-electron chi connectivity index (χ0n) is 9.46. The van der Waals surface area contributed by atoms with E-state index in [2.05, 4.69) is 4.98 Å². The van der Waals surface area contributed by atoms with Crippen molar-refractivity contribution in [2.75, 3.05) is 13.1 Å². The molecule has 0 aromatic carbocycles. The third kappa shape index (κ3) is 2.12. The Bertz CT molecular complexity index is 446. The van der Waals surface area contributed by atoms with E-state index in [0.717, 1.165) is 25.8 Å². The van der Waals surface area contributed by atoms with Crippen molar-refractivity contribution in [3.63, 3.8) is 0 Å². The van der Waals surface area contributed by atoms with E-state index >= 15 is 0 Å². The molecular formula is C10H17N3O2S. The highest BCUT2D eigenvalue weighted by atomic mass is 32.2. The molecule has 1 aromatic rings. The Hall–Kier alpha value is -0.880. The largest absolute Gasteiger partial charge is 0.336 e. The lowest BCUT2D eigenvalue weighted by molar-refractivity contribution is 0.345. The summed E-state index contributed by atoms with van der Waals surface area (Å²) in [6.07, 6.45) is 6.19. The fraction of sp³-hybridized carbons (Fsp3) is 0.700. The Kier molecular flexibility index (Phi) is 3.30. The monoisotopic (exact) mass is 243 g/mol. The van der Waals surface area contributed by atoms with Gasteiger partial charge in [0.25, 0.3) is 10.0 Å². The van der Waals surface area contributed by atoms with E-state index in [9.17, 15) is 8.42 Å². The van der Waals surface area contributed by atoms with E-state index < -0.39 is 10.0 Å². The van der Waals surface area contributed by atoms with Crippen LogP contribution in [0, 0.1) is 0 Å². The summed E-state index contributed by atoms with van der Waals surface area (Å²) in [6, 6.07) is 0. The molecule has 6 heteroatoms. The van der Waals surface area contributed by atoms with Crippen LogP contribution in [0.4, 0.5) is 0 Å². The van der Waals surface area contributed by atoms with Gasteiger partial charge in [0.1, 0.15) is 0 Å². The third-order valence-corrected chi connectivity index (χ3v) is 4.68. The van der Waals surface area contributed by atoms with Gasteiger partial charge in [0, 0.05) is 25.8 Å². The third-order valence-electron chi connectivity index (χ3n) is 2.89. The van der Waals surface area contributed by atoms with Crippen LogP contribution in [-0.4, -0.2) is 35.4 Å². The quantitative estimate of drug-likeness (QED) is 0.798. The Morgan fingerprint density at radius 2 is 2.00 bits per heavy atom. The minimum atomic E-state index is -3.35. The summed E-state index contributed by atoms with van der Waals surface area (Å²) in [7, 11) is -3.35. The van der Waals surface area contributed by atoms with Gasteiger partial charge in [-0.15, -0.1) is 0 Å². The highest BCUT2D eigenvalue weighted by Gasteiger charge is 2.27. The number of nitrogens with zero attached hydrogens (tertiary/aromatic N) is 3. The number of imidazole rings is 1. The zero-order valence-corrected chi connectivity index (χ0v) is 10.3. The molecule has 2 heterocycles. The molecule has 0 N–H and O–H groups in total. The van der Waals surface area contributed by atoms with Crippen LogP contribution in [0.1, 0.15) is 26.2 Å². The van der Waals surface area contributed by atoms with Crippen molar-refractivity contribution < 1.29 is 8.42 Å². The molecule has 90 valence electrons. The number of hydrogen-bond donors (Lipinski definition) is 0. The molecule has 1 aromatic heterocycles. The van der Waals surface area contributed by atoms with E-state index in [0.29, 0.717) is 13.1 Å². The van der Waals surface area contributed by atoms with Gasteiger partial charge in [0.2, 0.25) is 0 Å². The SMILES string of the molecule is CCn1cnc(S(=O)(=O)N2CCCCC2)c1. The van der Waals surface area contributed by atoms with Gasteiger partial charge < -0.3 is 4.57 Å². The van der Waals surface area contributed by atoms with Crippen LogP contribution in [0.25, 0.3) is 0 Å². The summed E-state index contributed by atoms with van der Waals surface area (Å²) in [5.41, 5.74) is 0. The minimum Gasteiger partial charge on any atom is -0.336 e. The molecule has 5 nitrogen and oxygen atoms in total. The lowest BCUT2D eigenvalue weighted by atomic mass is 10.2. The summed E-state index contributed by atoms with van der Waals surface area (Å²) in [5.74, 6) is 0. The number of aryl methyl sites for hydroxylation is 1. The van der Waals surface area contributed by atoms with Crippen molar-refractivity contribution in [3.8, 4) is 0 Å². The second-order valence-electron chi connectivity index (χ2n) is 4.01. The van der Waals surface area contributed by atoms with Crippen LogP contribution in [-0.2, 0) is 16.6 Å². The molecule has 0 bridgehead atoms. The van der Waals surface area contributed by atoms with E-state index in [-0.39, 0.29) is 5.03 Å². The fourth-order valence-corrected chi connectivity index (χ4v) is 3.34. The number of aromatic nitrogens is 2. The molecule has 0 saturated carbocycles. The second-order valence-corrected chi connectivity index (χ2v) is 5.89. The molecule has 0 spiro atoms. The van der Waals surface area contributed by atoms with Crippen LogP contribution >= 0.6 is 0 Å². The van der Waals surface area contributed by atoms with Gasteiger partial charge in [-0.1, -0.05) is 6.42 Å². The standard InChI is InChI=1S/C10H17N3O2S/c1-2-12-8-10(11-9-12)16(14,15)13-6-4-3-5-7-13/h8-9H,2-7H2,1H3. The summed E-state index contributed by atoms with van der Waals surface area (Å²) < 4.78 is 27.6. The van der Waals surface area contributed by atoms with Crippen LogP contribution in [0.15, 0.2) is 17.6 Å². The number of hydrogen-bond acceptors (Lipinski definition) is 3. The topological polar surface area (TPSA) is 55.2 Å². The predicted octanol–water partition coefficient (Wildman–Crippen LogP) is 1.08. The highest BCUT2D eigenvalue weighted by molar-refractivity contribution is 7.89. The molecule has 0 unspecified atom stereocenters. The summed E-state index contributed by atoms with van der Waals surface area (Å²) in [5, 5.41) is 0.177. The normalized spacial score (nSPS) is 18.8. The first-order chi connectivity index (χ1) is 7.64. The van der Waals surface area contributed by atoms with Crippen molar-refractivity contribution in [2.24, 2.45) is 0 Å². The lowest BCUT2D eigenvalue weighted by Gasteiger charge is -2.24. The molecular weight excluding hydrogens is 226 g/mol. The highest BCUT2D eigenvalue weighted by Crippen LogP contribution is 2.18. The predicted molar refractivity (Wildman–Crippen MR) is 60.5 cm³/mol. The van der Waals surface area contributed by atoms with E-state index in [1.165, 1.54) is 0 Å². The smallest absolute Gasteiger partial charge is 0.262 e. The van der Waals surface area contributed by atoms with Crippen LogP contribution < -0.4 is 0 Å². The Morgan fingerprint density at radius 1 is 1.31 bits per heavy atom. The molecule has 2 rings (SSSR count). The maximum atomic E-state index is 12.2. The maximum Gasteiger partial charge on any atom is 0.262 e. The molecule has 0 aliphatic carbocycles. The van der Waals surface area contributed by atoms with Gasteiger partial charge >= 0.3 is 0 Å². The van der Waals surface area contributed by atoms with Crippen molar-refractivity contribution in [2.45, 2.75) is 37.8 Å². The van der Waals surface area contributed by atoms with Gasteiger partial charge in [0.15, 0.2) is 5.03 Å². The number of piperidine rings is 1. The molecule has 1 aliphatic heterocycles. The first-order valence-corrected chi connectivity index (χ1v) is 7.10. The molecule has 0 radical (unpaired) electrons. The average Bonchev–Trinajstić information content (AvgIpc) is 2.79.